The molecule has 0 saturated carbocycles. The van der Waals surface area contributed by atoms with Gasteiger partial charge in [-0.2, -0.15) is 5.10 Å². The Balaban J connectivity index is 2.09. The number of carbonyl (C=O) groups excluding carboxylic acids is 1. The van der Waals surface area contributed by atoms with Crippen LogP contribution in [0.3, 0.4) is 0 Å². The summed E-state index contributed by atoms with van der Waals surface area (Å²) in [5.41, 5.74) is 7.25. The van der Waals surface area contributed by atoms with Gasteiger partial charge in [-0.15, -0.1) is 0 Å². The van der Waals surface area contributed by atoms with Crippen molar-refractivity contribution in [3.63, 3.8) is 0 Å². The Hall–Kier alpha value is -1.88. The summed E-state index contributed by atoms with van der Waals surface area (Å²) in [7, 11) is 1.84. The molecule has 1 atom stereocenters. The average Bonchev–Trinajstić information content (AvgIpc) is 2.76. The van der Waals surface area contributed by atoms with Crippen LogP contribution < -0.4 is 11.1 Å². The molecule has 0 bridgehead atoms. The number of nitrogens with zero attached hydrogens (tertiary/aromatic N) is 2. The minimum atomic E-state index is -0.139. The second-order valence-electron chi connectivity index (χ2n) is 4.70. The van der Waals surface area contributed by atoms with Crippen LogP contribution in [-0.2, 0) is 7.05 Å². The minimum Gasteiger partial charge on any atom is -0.351 e. The third-order valence-corrected chi connectivity index (χ3v) is 3.30. The molecule has 19 heavy (non-hydrogen) atoms. The van der Waals surface area contributed by atoms with Crippen LogP contribution in [0.2, 0.25) is 0 Å². The van der Waals surface area contributed by atoms with Gasteiger partial charge in [0.1, 0.15) is 0 Å². The number of fused-ring (bicyclic) bond motifs is 1. The quantitative estimate of drug-likeness (QED) is 0.854. The molecule has 0 spiro atoms. The highest BCUT2D eigenvalue weighted by Crippen LogP contribution is 2.17. The molecule has 5 heteroatoms. The molecule has 0 fully saturated rings. The number of nitrogens with two attached hydrogens (primary N) is 1. The van der Waals surface area contributed by atoms with Gasteiger partial charge < -0.3 is 11.1 Å². The first-order chi connectivity index (χ1) is 9.13. The van der Waals surface area contributed by atoms with Crippen molar-refractivity contribution < 1.29 is 4.79 Å². The Morgan fingerprint density at radius 2 is 2.21 bits per heavy atom. The lowest BCUT2D eigenvalue weighted by Crippen LogP contribution is -2.30. The summed E-state index contributed by atoms with van der Waals surface area (Å²) in [5.74, 6) is -0.139. The van der Waals surface area contributed by atoms with Crippen molar-refractivity contribution in [3.8, 4) is 0 Å². The average molecular weight is 260 g/mol. The smallest absolute Gasteiger partial charge is 0.272 e. The van der Waals surface area contributed by atoms with Gasteiger partial charge in [0.05, 0.1) is 5.52 Å². The van der Waals surface area contributed by atoms with Gasteiger partial charge >= 0.3 is 0 Å². The maximum absolute atomic E-state index is 12.1. The second-order valence-corrected chi connectivity index (χ2v) is 4.70. The molecule has 2 aromatic rings. The van der Waals surface area contributed by atoms with Gasteiger partial charge in [0.2, 0.25) is 0 Å². The van der Waals surface area contributed by atoms with E-state index < -0.39 is 0 Å². The Labute approximate surface area is 112 Å². The topological polar surface area (TPSA) is 72.9 Å². The Morgan fingerprint density at radius 3 is 2.95 bits per heavy atom. The molecule has 3 N–H and O–H groups in total. The molecule has 1 aromatic heterocycles. The van der Waals surface area contributed by atoms with Crippen molar-refractivity contribution in [3.05, 3.63) is 30.0 Å². The van der Waals surface area contributed by atoms with Crippen molar-refractivity contribution in [2.24, 2.45) is 12.8 Å². The van der Waals surface area contributed by atoms with Crippen molar-refractivity contribution in [2.45, 2.75) is 25.8 Å². The zero-order chi connectivity index (χ0) is 13.8. The van der Waals surface area contributed by atoms with Gasteiger partial charge in [-0.1, -0.05) is 25.1 Å². The summed E-state index contributed by atoms with van der Waals surface area (Å²) < 4.78 is 1.72. The molecule has 0 aliphatic heterocycles. The van der Waals surface area contributed by atoms with Crippen LogP contribution in [0.5, 0.6) is 0 Å². The highest BCUT2D eigenvalue weighted by atomic mass is 16.1. The van der Waals surface area contributed by atoms with E-state index >= 15 is 0 Å². The lowest BCUT2D eigenvalue weighted by molar-refractivity contribution is 0.0948. The predicted octanol–water partition coefficient (Wildman–Crippen LogP) is 1.43. The fraction of sp³-hybridized carbons (Fsp3) is 0.429. The molecule has 0 aliphatic rings. The lowest BCUT2D eigenvalue weighted by Gasteiger charge is -2.08. The Morgan fingerprint density at radius 1 is 1.47 bits per heavy atom. The maximum Gasteiger partial charge on any atom is 0.272 e. The normalized spacial score (nSPS) is 12.6. The number of nitrogens with one attached hydrogen (secondary N) is 1. The molecular weight excluding hydrogens is 240 g/mol. The van der Waals surface area contributed by atoms with Crippen LogP contribution in [0, 0.1) is 0 Å². The van der Waals surface area contributed by atoms with Gasteiger partial charge in [0.15, 0.2) is 5.69 Å². The van der Waals surface area contributed by atoms with Crippen LogP contribution in [0.4, 0.5) is 0 Å². The van der Waals surface area contributed by atoms with E-state index in [-0.39, 0.29) is 11.9 Å². The SMILES string of the molecule is CCC(N)CCNC(=O)c1nn(C)c2ccccc12. The fourth-order valence-electron chi connectivity index (χ4n) is 2.04. The third kappa shape index (κ3) is 2.93. The number of carbonyl (C=O) groups is 1. The zero-order valence-electron chi connectivity index (χ0n) is 11.4. The third-order valence-electron chi connectivity index (χ3n) is 3.30. The van der Waals surface area contributed by atoms with Crippen LogP contribution >= 0.6 is 0 Å². The highest BCUT2D eigenvalue weighted by molar-refractivity contribution is 6.04. The maximum atomic E-state index is 12.1. The summed E-state index contributed by atoms with van der Waals surface area (Å²) in [6.07, 6.45) is 1.70. The first-order valence-electron chi connectivity index (χ1n) is 6.59. The van der Waals surface area contributed by atoms with E-state index in [2.05, 4.69) is 10.4 Å². The van der Waals surface area contributed by atoms with Crippen LogP contribution in [0.25, 0.3) is 10.9 Å². The summed E-state index contributed by atoms with van der Waals surface area (Å²) in [5, 5.41) is 8.03. The molecule has 0 aliphatic carbocycles. The van der Waals surface area contributed by atoms with Gasteiger partial charge in [-0.05, 0) is 18.9 Å². The van der Waals surface area contributed by atoms with Crippen LogP contribution in [-0.4, -0.2) is 28.3 Å². The molecule has 1 aromatic carbocycles. The molecule has 5 nitrogen and oxygen atoms in total. The highest BCUT2D eigenvalue weighted by Gasteiger charge is 2.15. The standard InChI is InChI=1S/C14H20N4O/c1-3-10(15)8-9-16-14(19)13-11-6-4-5-7-12(11)18(2)17-13/h4-7,10H,3,8-9,15H2,1-2H3,(H,16,19). The number of benzene rings is 1. The predicted molar refractivity (Wildman–Crippen MR) is 75.9 cm³/mol. The number of para-hydroxylation sites is 1. The molecular formula is C14H20N4O. The van der Waals surface area contributed by atoms with E-state index in [9.17, 15) is 4.79 Å². The Kier molecular flexibility index (Phi) is 4.16. The number of hydrogen-bond donors (Lipinski definition) is 2. The monoisotopic (exact) mass is 260 g/mol. The fourth-order valence-corrected chi connectivity index (χ4v) is 2.04. The number of aromatic nitrogens is 2. The Bertz CT molecular complexity index is 576. The van der Waals surface area contributed by atoms with E-state index in [0.29, 0.717) is 12.2 Å². The summed E-state index contributed by atoms with van der Waals surface area (Å²) in [6, 6.07) is 7.85. The number of hydrogen-bond acceptors (Lipinski definition) is 3. The van der Waals surface area contributed by atoms with Crippen molar-refractivity contribution in [1.82, 2.24) is 15.1 Å². The molecule has 1 amide bonds. The first-order valence-corrected chi connectivity index (χ1v) is 6.59. The lowest BCUT2D eigenvalue weighted by atomic mass is 10.1. The van der Waals surface area contributed by atoms with E-state index in [0.717, 1.165) is 23.7 Å². The van der Waals surface area contributed by atoms with Gasteiger partial charge in [-0.3, -0.25) is 9.48 Å². The minimum absolute atomic E-state index is 0.139. The molecule has 1 unspecified atom stereocenters. The number of amides is 1. The summed E-state index contributed by atoms with van der Waals surface area (Å²) >= 11 is 0. The molecule has 0 saturated heterocycles. The van der Waals surface area contributed by atoms with Crippen LogP contribution in [0.1, 0.15) is 30.3 Å². The summed E-state index contributed by atoms with van der Waals surface area (Å²) in [4.78, 5) is 12.1. The van der Waals surface area contributed by atoms with Gasteiger partial charge in [0.25, 0.3) is 5.91 Å². The first kappa shape index (κ1) is 13.5. The molecule has 102 valence electrons. The second kappa shape index (κ2) is 5.84. The number of aryl methyl sites for hydroxylation is 1. The summed E-state index contributed by atoms with van der Waals surface area (Å²) in [6.45, 7) is 2.62. The van der Waals surface area contributed by atoms with E-state index in [1.807, 2.05) is 38.2 Å². The molecule has 1 heterocycles. The van der Waals surface area contributed by atoms with Crippen LogP contribution in [0.15, 0.2) is 24.3 Å². The van der Waals surface area contributed by atoms with E-state index in [1.54, 1.807) is 4.68 Å². The molecule has 2 rings (SSSR count). The zero-order valence-corrected chi connectivity index (χ0v) is 11.4. The van der Waals surface area contributed by atoms with E-state index in [1.165, 1.54) is 0 Å². The van der Waals surface area contributed by atoms with Gasteiger partial charge in [-0.25, -0.2) is 0 Å². The van der Waals surface area contributed by atoms with E-state index in [4.69, 9.17) is 5.73 Å². The largest absolute Gasteiger partial charge is 0.351 e. The van der Waals surface area contributed by atoms with Gasteiger partial charge in [0, 0.05) is 25.0 Å². The van der Waals surface area contributed by atoms with Crippen molar-refractivity contribution in [1.29, 1.82) is 0 Å². The van der Waals surface area contributed by atoms with Crippen molar-refractivity contribution >= 4 is 16.8 Å². The van der Waals surface area contributed by atoms with Crippen molar-refractivity contribution in [2.75, 3.05) is 6.54 Å². The molecule has 0 radical (unpaired) electrons. The number of rotatable bonds is 5.